The lowest BCUT2D eigenvalue weighted by molar-refractivity contribution is -0.143. The summed E-state index contributed by atoms with van der Waals surface area (Å²) in [6, 6.07) is 6.50. The van der Waals surface area contributed by atoms with Crippen LogP contribution in [0.2, 0.25) is 0 Å². The molecule has 1 heterocycles. The first-order valence-electron chi connectivity index (χ1n) is 9.13. The fourth-order valence-corrected chi connectivity index (χ4v) is 2.72. The Kier molecular flexibility index (Phi) is 6.38. The van der Waals surface area contributed by atoms with E-state index >= 15 is 0 Å². The smallest absolute Gasteiger partial charge is 0.313 e. The number of hydrogen-bond donors (Lipinski definition) is 2. The van der Waals surface area contributed by atoms with Crippen LogP contribution < -0.4 is 5.32 Å². The van der Waals surface area contributed by atoms with E-state index < -0.39 is 17.3 Å². The molecule has 2 rings (SSSR count). The molecule has 1 aromatic heterocycles. The summed E-state index contributed by atoms with van der Waals surface area (Å²) >= 11 is 0. The van der Waals surface area contributed by atoms with E-state index in [0.29, 0.717) is 11.3 Å². The highest BCUT2D eigenvalue weighted by atomic mass is 16.5. The molecule has 0 saturated carbocycles. The number of esters is 1. The molecule has 7 nitrogen and oxygen atoms in total. The Labute approximate surface area is 164 Å². The normalized spacial score (nSPS) is 12.4. The van der Waals surface area contributed by atoms with Gasteiger partial charge in [-0.2, -0.15) is 5.10 Å². The van der Waals surface area contributed by atoms with Crippen molar-refractivity contribution in [1.29, 1.82) is 0 Å². The molecule has 2 N–H and O–H groups in total. The minimum absolute atomic E-state index is 0.112. The van der Waals surface area contributed by atoms with Gasteiger partial charge in [0.25, 0.3) is 0 Å². The molecular formula is C21H27N3O4. The van der Waals surface area contributed by atoms with Crippen molar-refractivity contribution in [1.82, 2.24) is 10.2 Å². The monoisotopic (exact) mass is 385 g/mol. The SMILES string of the molecule is Cc1n[nH]c(C)c1[C@@H](C)C(=O)OCC(=O)c1ccc(NC(=O)C(C)(C)C)cc1. The molecule has 28 heavy (non-hydrogen) atoms. The minimum atomic E-state index is -0.512. The largest absolute Gasteiger partial charge is 0.457 e. The summed E-state index contributed by atoms with van der Waals surface area (Å²) in [6.45, 7) is 10.5. The first kappa shape index (κ1) is 21.3. The van der Waals surface area contributed by atoms with Crippen molar-refractivity contribution < 1.29 is 19.1 Å². The highest BCUT2D eigenvalue weighted by Gasteiger charge is 2.24. The number of ketones is 1. The quantitative estimate of drug-likeness (QED) is 0.585. The van der Waals surface area contributed by atoms with E-state index in [1.54, 1.807) is 31.2 Å². The Balaban J connectivity index is 1.94. The molecule has 1 atom stereocenters. The van der Waals surface area contributed by atoms with Crippen molar-refractivity contribution in [3.8, 4) is 0 Å². The summed E-state index contributed by atoms with van der Waals surface area (Å²) < 4.78 is 5.19. The molecule has 0 spiro atoms. The van der Waals surface area contributed by atoms with Gasteiger partial charge in [-0.15, -0.1) is 0 Å². The Hall–Kier alpha value is -2.96. The van der Waals surface area contributed by atoms with Crippen LogP contribution in [0.4, 0.5) is 5.69 Å². The maximum Gasteiger partial charge on any atom is 0.313 e. The van der Waals surface area contributed by atoms with Crippen molar-refractivity contribution in [3.05, 3.63) is 46.8 Å². The summed E-state index contributed by atoms with van der Waals surface area (Å²) in [7, 11) is 0. The van der Waals surface area contributed by atoms with Crippen LogP contribution in [-0.4, -0.2) is 34.5 Å². The van der Waals surface area contributed by atoms with Gasteiger partial charge in [0.15, 0.2) is 12.4 Å². The fourth-order valence-electron chi connectivity index (χ4n) is 2.72. The van der Waals surface area contributed by atoms with Gasteiger partial charge in [-0.25, -0.2) is 0 Å². The molecule has 0 radical (unpaired) electrons. The Morgan fingerprint density at radius 1 is 1.14 bits per heavy atom. The van der Waals surface area contributed by atoms with Crippen molar-refractivity contribution in [2.24, 2.45) is 5.41 Å². The fraction of sp³-hybridized carbons (Fsp3) is 0.429. The molecule has 1 amide bonds. The van der Waals surface area contributed by atoms with E-state index in [1.807, 2.05) is 34.6 Å². The first-order chi connectivity index (χ1) is 13.0. The third kappa shape index (κ3) is 5.06. The lowest BCUT2D eigenvalue weighted by Crippen LogP contribution is -2.27. The van der Waals surface area contributed by atoms with E-state index in [2.05, 4.69) is 15.5 Å². The number of ether oxygens (including phenoxy) is 1. The Bertz CT molecular complexity index is 857. The van der Waals surface area contributed by atoms with Gasteiger partial charge in [0, 0.05) is 27.9 Å². The maximum atomic E-state index is 12.3. The standard InChI is InChI=1S/C21H27N3O4/c1-12(18-13(2)23-24-14(18)3)19(26)28-11-17(25)15-7-9-16(10-8-15)22-20(27)21(4,5)6/h7-10,12H,11H2,1-6H3,(H,22,27)(H,23,24)/t12-/m1/s1. The number of nitrogens with one attached hydrogen (secondary N) is 2. The predicted octanol–water partition coefficient (Wildman–Crippen LogP) is 3.54. The number of anilines is 1. The van der Waals surface area contributed by atoms with E-state index in [-0.39, 0.29) is 18.3 Å². The number of aromatic nitrogens is 2. The van der Waals surface area contributed by atoms with Crippen LogP contribution in [0, 0.1) is 19.3 Å². The highest BCUT2D eigenvalue weighted by Crippen LogP contribution is 2.23. The number of carbonyl (C=O) groups is 3. The second kappa shape index (κ2) is 8.37. The van der Waals surface area contributed by atoms with Gasteiger partial charge < -0.3 is 10.1 Å². The van der Waals surface area contributed by atoms with Crippen LogP contribution in [0.5, 0.6) is 0 Å². The van der Waals surface area contributed by atoms with Crippen LogP contribution in [-0.2, 0) is 14.3 Å². The molecule has 150 valence electrons. The number of amides is 1. The first-order valence-corrected chi connectivity index (χ1v) is 9.13. The number of carbonyl (C=O) groups excluding carboxylic acids is 3. The van der Waals surface area contributed by atoms with Gasteiger partial charge in [0.1, 0.15) is 0 Å². The van der Waals surface area contributed by atoms with Crippen LogP contribution >= 0.6 is 0 Å². The zero-order chi connectivity index (χ0) is 21.1. The molecule has 0 fully saturated rings. The van der Waals surface area contributed by atoms with Gasteiger partial charge >= 0.3 is 5.97 Å². The number of rotatable bonds is 6. The summed E-state index contributed by atoms with van der Waals surface area (Å²) in [6.07, 6.45) is 0. The van der Waals surface area contributed by atoms with Gasteiger partial charge in [0.2, 0.25) is 5.91 Å². The van der Waals surface area contributed by atoms with Gasteiger partial charge in [-0.05, 0) is 45.0 Å². The number of H-pyrrole nitrogens is 1. The topological polar surface area (TPSA) is 101 Å². The molecule has 0 aliphatic rings. The van der Waals surface area contributed by atoms with Crippen LogP contribution in [0.15, 0.2) is 24.3 Å². The molecule has 2 aromatic rings. The molecule has 0 saturated heterocycles. The number of benzene rings is 1. The van der Waals surface area contributed by atoms with E-state index in [4.69, 9.17) is 4.74 Å². The van der Waals surface area contributed by atoms with E-state index in [9.17, 15) is 14.4 Å². The molecule has 7 heteroatoms. The average Bonchev–Trinajstić information content (AvgIpc) is 2.97. The van der Waals surface area contributed by atoms with Crippen LogP contribution in [0.25, 0.3) is 0 Å². The third-order valence-electron chi connectivity index (χ3n) is 4.46. The molecule has 0 aliphatic heterocycles. The van der Waals surface area contributed by atoms with Crippen molar-refractivity contribution in [3.63, 3.8) is 0 Å². The summed E-state index contributed by atoms with van der Waals surface area (Å²) in [5.41, 5.74) is 2.84. The zero-order valence-electron chi connectivity index (χ0n) is 17.2. The maximum absolute atomic E-state index is 12.3. The third-order valence-corrected chi connectivity index (χ3v) is 4.46. The Morgan fingerprint density at radius 3 is 2.25 bits per heavy atom. The lowest BCUT2D eigenvalue weighted by atomic mass is 9.95. The van der Waals surface area contributed by atoms with Crippen LogP contribution in [0.1, 0.15) is 60.9 Å². The van der Waals surface area contributed by atoms with Crippen LogP contribution in [0.3, 0.4) is 0 Å². The van der Waals surface area contributed by atoms with Gasteiger partial charge in [-0.3, -0.25) is 19.5 Å². The summed E-state index contributed by atoms with van der Waals surface area (Å²) in [4.78, 5) is 36.6. The second-order valence-electron chi connectivity index (χ2n) is 7.88. The lowest BCUT2D eigenvalue weighted by Gasteiger charge is -2.17. The zero-order valence-corrected chi connectivity index (χ0v) is 17.2. The molecule has 0 aliphatic carbocycles. The van der Waals surface area contributed by atoms with E-state index in [0.717, 1.165) is 17.0 Å². The average molecular weight is 385 g/mol. The number of aromatic amines is 1. The molecule has 1 aromatic carbocycles. The summed E-state index contributed by atoms with van der Waals surface area (Å²) in [5.74, 6) is -1.41. The van der Waals surface area contributed by atoms with Crippen molar-refractivity contribution in [2.75, 3.05) is 11.9 Å². The van der Waals surface area contributed by atoms with Gasteiger partial charge in [-0.1, -0.05) is 20.8 Å². The Morgan fingerprint density at radius 2 is 1.75 bits per heavy atom. The van der Waals surface area contributed by atoms with Crippen molar-refractivity contribution >= 4 is 23.3 Å². The number of nitrogens with zero attached hydrogens (tertiary/aromatic N) is 1. The highest BCUT2D eigenvalue weighted by molar-refractivity contribution is 5.99. The molecule has 0 bridgehead atoms. The van der Waals surface area contributed by atoms with E-state index in [1.165, 1.54) is 0 Å². The number of aryl methyl sites for hydroxylation is 2. The van der Waals surface area contributed by atoms with Crippen molar-refractivity contribution in [2.45, 2.75) is 47.5 Å². The molecule has 0 unspecified atom stereocenters. The number of hydrogen-bond acceptors (Lipinski definition) is 5. The predicted molar refractivity (Wildman–Crippen MR) is 106 cm³/mol. The minimum Gasteiger partial charge on any atom is -0.457 e. The van der Waals surface area contributed by atoms with Gasteiger partial charge in [0.05, 0.1) is 11.6 Å². The second-order valence-corrected chi connectivity index (χ2v) is 7.88. The summed E-state index contributed by atoms with van der Waals surface area (Å²) in [5, 5.41) is 9.71. The molecular weight excluding hydrogens is 358 g/mol. The number of Topliss-reactive ketones (excluding diaryl/α,β-unsaturated/α-hetero) is 1.